The van der Waals surface area contributed by atoms with E-state index in [1.165, 1.54) is 4.90 Å². The molecule has 0 aromatic carbocycles. The van der Waals surface area contributed by atoms with Crippen LogP contribution in [0.2, 0.25) is 0 Å². The van der Waals surface area contributed by atoms with Crippen LogP contribution in [0.1, 0.15) is 20.8 Å². The maximum absolute atomic E-state index is 11.5. The molecule has 82 valence electrons. The van der Waals surface area contributed by atoms with E-state index in [9.17, 15) is 9.59 Å². The third-order valence-corrected chi connectivity index (χ3v) is 1.64. The van der Waals surface area contributed by atoms with E-state index < -0.39 is 12.0 Å². The first kappa shape index (κ1) is 12.9. The fourth-order valence-electron chi connectivity index (χ4n) is 1.10. The molecule has 5 heteroatoms. The Hall–Kier alpha value is -1.10. The second-order valence-electron chi connectivity index (χ2n) is 3.69. The molecule has 0 rings (SSSR count). The Kier molecular flexibility index (Phi) is 5.15. The third-order valence-electron chi connectivity index (χ3n) is 1.64. The summed E-state index contributed by atoms with van der Waals surface area (Å²) in [5.41, 5.74) is 4.99. The molecule has 0 aliphatic carbocycles. The summed E-state index contributed by atoms with van der Waals surface area (Å²) in [7, 11) is 0. The number of nitrogens with two attached hydrogens (primary N) is 1. The fourth-order valence-corrected chi connectivity index (χ4v) is 1.10. The maximum Gasteiger partial charge on any atom is 0.237 e. The van der Waals surface area contributed by atoms with Gasteiger partial charge in [-0.15, -0.1) is 0 Å². The molecule has 0 heterocycles. The summed E-state index contributed by atoms with van der Waals surface area (Å²) in [6.45, 7) is 5.03. The zero-order valence-electron chi connectivity index (χ0n) is 8.86. The van der Waals surface area contributed by atoms with Crippen LogP contribution in [0, 0.1) is 5.92 Å². The van der Waals surface area contributed by atoms with Gasteiger partial charge < -0.3 is 15.7 Å². The minimum Gasteiger partial charge on any atom is -0.392 e. The molecular formula is C9H18N2O3. The van der Waals surface area contributed by atoms with Crippen LogP contribution < -0.4 is 5.73 Å². The van der Waals surface area contributed by atoms with Gasteiger partial charge in [0.25, 0.3) is 0 Å². The van der Waals surface area contributed by atoms with Gasteiger partial charge >= 0.3 is 0 Å². The molecule has 0 saturated heterocycles. The molecule has 14 heavy (non-hydrogen) atoms. The topological polar surface area (TPSA) is 83.6 Å². The van der Waals surface area contributed by atoms with Crippen molar-refractivity contribution in [2.24, 2.45) is 11.7 Å². The molecule has 0 fully saturated rings. The quantitative estimate of drug-likeness (QED) is 0.620. The van der Waals surface area contributed by atoms with Crippen molar-refractivity contribution in [2.75, 3.05) is 13.1 Å². The van der Waals surface area contributed by atoms with Gasteiger partial charge in [-0.05, 0) is 6.92 Å². The van der Waals surface area contributed by atoms with Crippen molar-refractivity contribution >= 4 is 11.8 Å². The Bertz CT molecular complexity index is 214. The molecule has 2 amide bonds. The van der Waals surface area contributed by atoms with Crippen molar-refractivity contribution in [1.29, 1.82) is 0 Å². The molecule has 5 nitrogen and oxygen atoms in total. The van der Waals surface area contributed by atoms with Crippen LogP contribution in [0.3, 0.4) is 0 Å². The number of carbonyl (C=O) groups excluding carboxylic acids is 2. The summed E-state index contributed by atoms with van der Waals surface area (Å²) in [5.74, 6) is -0.947. The molecule has 0 saturated carbocycles. The molecule has 0 aromatic heterocycles. The molecule has 1 atom stereocenters. The number of aliphatic hydroxyl groups is 1. The minimum atomic E-state index is -0.656. The molecule has 0 radical (unpaired) electrons. The van der Waals surface area contributed by atoms with Crippen LogP contribution in [0.25, 0.3) is 0 Å². The minimum absolute atomic E-state index is 0.137. The fraction of sp³-hybridized carbons (Fsp3) is 0.778. The van der Waals surface area contributed by atoms with Crippen molar-refractivity contribution in [2.45, 2.75) is 26.9 Å². The number of rotatable bonds is 5. The van der Waals surface area contributed by atoms with Gasteiger partial charge in [-0.3, -0.25) is 9.59 Å². The van der Waals surface area contributed by atoms with Crippen molar-refractivity contribution in [3.05, 3.63) is 0 Å². The first-order valence-corrected chi connectivity index (χ1v) is 4.59. The van der Waals surface area contributed by atoms with Gasteiger partial charge in [-0.1, -0.05) is 13.8 Å². The number of nitrogens with zero attached hydrogens (tertiary/aromatic N) is 1. The lowest BCUT2D eigenvalue weighted by atomic mass is 10.2. The van der Waals surface area contributed by atoms with Crippen molar-refractivity contribution in [3.8, 4) is 0 Å². The van der Waals surface area contributed by atoms with E-state index >= 15 is 0 Å². The number of aliphatic hydroxyl groups excluding tert-OH is 1. The van der Waals surface area contributed by atoms with E-state index in [-0.39, 0.29) is 24.9 Å². The molecular weight excluding hydrogens is 184 g/mol. The first-order chi connectivity index (χ1) is 6.34. The normalized spacial score (nSPS) is 12.6. The van der Waals surface area contributed by atoms with Crippen LogP contribution in [0.4, 0.5) is 0 Å². The molecule has 0 bridgehead atoms. The summed E-state index contributed by atoms with van der Waals surface area (Å²) in [5, 5.41) is 9.12. The Morgan fingerprint density at radius 2 is 1.86 bits per heavy atom. The van der Waals surface area contributed by atoms with Gasteiger partial charge in [0.15, 0.2) is 0 Å². The summed E-state index contributed by atoms with van der Waals surface area (Å²) in [4.78, 5) is 23.5. The van der Waals surface area contributed by atoms with E-state index in [4.69, 9.17) is 10.8 Å². The lowest BCUT2D eigenvalue weighted by Crippen LogP contribution is -2.43. The smallest absolute Gasteiger partial charge is 0.237 e. The zero-order chi connectivity index (χ0) is 11.3. The van der Waals surface area contributed by atoms with Gasteiger partial charge in [-0.2, -0.15) is 0 Å². The molecule has 3 N–H and O–H groups in total. The van der Waals surface area contributed by atoms with Crippen LogP contribution in [0.5, 0.6) is 0 Å². The zero-order valence-corrected chi connectivity index (χ0v) is 8.86. The van der Waals surface area contributed by atoms with Gasteiger partial charge in [0.05, 0.1) is 12.6 Å². The van der Waals surface area contributed by atoms with Crippen molar-refractivity contribution in [3.63, 3.8) is 0 Å². The predicted octanol–water partition coefficient (Wildman–Crippen LogP) is -0.663. The monoisotopic (exact) mass is 202 g/mol. The number of amides is 2. The lowest BCUT2D eigenvalue weighted by Gasteiger charge is -2.24. The Labute approximate surface area is 83.9 Å². The van der Waals surface area contributed by atoms with E-state index in [2.05, 4.69) is 0 Å². The maximum atomic E-state index is 11.5. The average molecular weight is 202 g/mol. The predicted molar refractivity (Wildman–Crippen MR) is 52.3 cm³/mol. The highest BCUT2D eigenvalue weighted by atomic mass is 16.3. The molecule has 1 unspecified atom stereocenters. The summed E-state index contributed by atoms with van der Waals surface area (Å²) in [6.07, 6.45) is -0.656. The summed E-state index contributed by atoms with van der Waals surface area (Å²) in [6, 6.07) is 0. The SMILES string of the molecule is CC(O)CN(CC(N)=O)C(=O)C(C)C. The van der Waals surface area contributed by atoms with Gasteiger partial charge in [0.1, 0.15) is 0 Å². The van der Waals surface area contributed by atoms with Crippen molar-refractivity contribution in [1.82, 2.24) is 4.90 Å². The van der Waals surface area contributed by atoms with E-state index in [0.29, 0.717) is 0 Å². The van der Waals surface area contributed by atoms with Crippen LogP contribution in [-0.2, 0) is 9.59 Å². The number of primary amides is 1. The van der Waals surface area contributed by atoms with E-state index in [1.807, 2.05) is 0 Å². The van der Waals surface area contributed by atoms with Crippen LogP contribution in [0.15, 0.2) is 0 Å². The van der Waals surface area contributed by atoms with E-state index in [1.54, 1.807) is 20.8 Å². The highest BCUT2D eigenvalue weighted by Crippen LogP contribution is 2.02. The number of hydrogen-bond donors (Lipinski definition) is 2. The van der Waals surface area contributed by atoms with Crippen LogP contribution in [-0.4, -0.2) is 41.0 Å². The standard InChI is InChI=1S/C9H18N2O3/c1-6(2)9(14)11(4-7(3)12)5-8(10)13/h6-7,12H,4-5H2,1-3H3,(H2,10,13). The number of carbonyl (C=O) groups is 2. The van der Waals surface area contributed by atoms with Gasteiger partial charge in [0.2, 0.25) is 11.8 Å². The second-order valence-corrected chi connectivity index (χ2v) is 3.69. The Morgan fingerprint density at radius 1 is 1.36 bits per heavy atom. The lowest BCUT2D eigenvalue weighted by molar-refractivity contribution is -0.139. The van der Waals surface area contributed by atoms with Gasteiger partial charge in [0, 0.05) is 12.5 Å². The van der Waals surface area contributed by atoms with E-state index in [0.717, 1.165) is 0 Å². The first-order valence-electron chi connectivity index (χ1n) is 4.59. The van der Waals surface area contributed by atoms with Gasteiger partial charge in [-0.25, -0.2) is 0 Å². The number of hydrogen-bond acceptors (Lipinski definition) is 3. The molecule has 0 aliphatic rings. The van der Waals surface area contributed by atoms with Crippen LogP contribution >= 0.6 is 0 Å². The highest BCUT2D eigenvalue weighted by Gasteiger charge is 2.19. The highest BCUT2D eigenvalue weighted by molar-refractivity contribution is 5.84. The second kappa shape index (κ2) is 5.59. The summed E-state index contributed by atoms with van der Waals surface area (Å²) >= 11 is 0. The Balaban J connectivity index is 4.38. The molecule has 0 spiro atoms. The van der Waals surface area contributed by atoms with Crippen molar-refractivity contribution < 1.29 is 14.7 Å². The largest absolute Gasteiger partial charge is 0.392 e. The third kappa shape index (κ3) is 4.81. The molecule has 0 aromatic rings. The summed E-state index contributed by atoms with van der Waals surface area (Å²) < 4.78 is 0. The molecule has 0 aliphatic heterocycles. The Morgan fingerprint density at radius 3 is 2.14 bits per heavy atom. The average Bonchev–Trinajstić information content (AvgIpc) is 1.99.